The largest absolute Gasteiger partial charge is 0.318 e. The number of halogens is 3. The summed E-state index contributed by atoms with van der Waals surface area (Å²) in [6, 6.07) is 4.76. The topological polar surface area (TPSA) is 54.9 Å². The summed E-state index contributed by atoms with van der Waals surface area (Å²) >= 11 is 18.3. The Balaban J connectivity index is 2.21. The molecule has 1 N–H and O–H groups in total. The summed E-state index contributed by atoms with van der Waals surface area (Å²) in [5, 5.41) is 10.7. The van der Waals surface area contributed by atoms with E-state index in [2.05, 4.69) is 15.5 Å². The lowest BCUT2D eigenvalue weighted by Crippen LogP contribution is -2.11. The van der Waals surface area contributed by atoms with E-state index >= 15 is 0 Å². The number of amides is 1. The Hall–Kier alpha value is -0.880. The second kappa shape index (κ2) is 5.18. The summed E-state index contributed by atoms with van der Waals surface area (Å²) in [6.07, 6.45) is 0. The highest BCUT2D eigenvalue weighted by atomic mass is 35.5. The van der Waals surface area contributed by atoms with Crippen LogP contribution in [-0.2, 0) is 0 Å². The summed E-state index contributed by atoms with van der Waals surface area (Å²) < 4.78 is 0.201. The Labute approximate surface area is 116 Å². The zero-order valence-electron chi connectivity index (χ0n) is 8.08. The summed E-state index contributed by atoms with van der Waals surface area (Å²) in [7, 11) is 0. The van der Waals surface area contributed by atoms with E-state index in [1.165, 1.54) is 0 Å². The molecule has 1 heterocycles. The summed E-state index contributed by atoms with van der Waals surface area (Å²) in [5.41, 5.74) is 0.412. The Morgan fingerprint density at radius 3 is 2.65 bits per heavy atom. The third kappa shape index (κ3) is 3.07. The zero-order valence-corrected chi connectivity index (χ0v) is 11.2. The van der Waals surface area contributed by atoms with Crippen LogP contribution in [0.15, 0.2) is 18.2 Å². The Morgan fingerprint density at radius 2 is 2.00 bits per heavy atom. The Bertz CT molecular complexity index is 572. The second-order valence-corrected chi connectivity index (χ2v) is 5.34. The van der Waals surface area contributed by atoms with Crippen molar-refractivity contribution in [1.82, 2.24) is 10.2 Å². The highest BCUT2D eigenvalue weighted by molar-refractivity contribution is 7.17. The Kier molecular flexibility index (Phi) is 3.83. The Morgan fingerprint density at radius 1 is 1.24 bits per heavy atom. The van der Waals surface area contributed by atoms with Gasteiger partial charge in [0.05, 0.1) is 10.7 Å². The van der Waals surface area contributed by atoms with Crippen LogP contribution in [0.25, 0.3) is 0 Å². The molecular formula is C9H4Cl3N3OS. The fraction of sp³-hybridized carbons (Fsp3) is 0. The monoisotopic (exact) mass is 307 g/mol. The molecule has 2 aromatic rings. The molecule has 0 aliphatic carbocycles. The smallest absolute Gasteiger partial charge is 0.286 e. The lowest BCUT2D eigenvalue weighted by molar-refractivity contribution is 0.102. The van der Waals surface area contributed by atoms with E-state index in [9.17, 15) is 4.79 Å². The van der Waals surface area contributed by atoms with Gasteiger partial charge in [-0.3, -0.25) is 4.79 Å². The van der Waals surface area contributed by atoms with Crippen molar-refractivity contribution >= 4 is 57.7 Å². The summed E-state index contributed by atoms with van der Waals surface area (Å²) in [4.78, 5) is 11.7. The number of benzene rings is 1. The van der Waals surface area contributed by atoms with Gasteiger partial charge in [0.15, 0.2) is 0 Å². The molecule has 0 atom stereocenters. The lowest BCUT2D eigenvalue weighted by atomic mass is 10.3. The predicted molar refractivity (Wildman–Crippen MR) is 69.3 cm³/mol. The lowest BCUT2D eigenvalue weighted by Gasteiger charge is -2.05. The minimum atomic E-state index is -0.432. The van der Waals surface area contributed by atoms with Crippen LogP contribution >= 0.6 is 46.1 Å². The molecule has 17 heavy (non-hydrogen) atoms. The molecule has 0 aliphatic rings. The van der Waals surface area contributed by atoms with Crippen LogP contribution in [0.1, 0.15) is 9.80 Å². The number of carbonyl (C=O) groups excluding carboxylic acids is 1. The first-order valence-corrected chi connectivity index (χ1v) is 6.26. The van der Waals surface area contributed by atoms with Crippen molar-refractivity contribution in [2.75, 3.05) is 5.32 Å². The number of carbonyl (C=O) groups is 1. The molecule has 1 aromatic heterocycles. The minimum Gasteiger partial charge on any atom is -0.318 e. The number of hydrogen-bond acceptors (Lipinski definition) is 4. The standard InChI is InChI=1S/C9H4Cl3N3OS/c10-4-1-2-5(11)6(3-4)13-7(16)8-14-15-9(12)17-8/h1-3H,(H,13,16). The molecule has 88 valence electrons. The van der Waals surface area contributed by atoms with E-state index in [0.717, 1.165) is 11.3 Å². The van der Waals surface area contributed by atoms with E-state index in [1.54, 1.807) is 18.2 Å². The quantitative estimate of drug-likeness (QED) is 0.919. The number of rotatable bonds is 2. The molecule has 0 saturated heterocycles. The van der Waals surface area contributed by atoms with E-state index in [1.807, 2.05) is 0 Å². The maximum absolute atomic E-state index is 11.7. The van der Waals surface area contributed by atoms with Gasteiger partial charge in [-0.15, -0.1) is 10.2 Å². The number of nitrogens with one attached hydrogen (secondary N) is 1. The fourth-order valence-electron chi connectivity index (χ4n) is 1.07. The van der Waals surface area contributed by atoms with Crippen molar-refractivity contribution in [2.45, 2.75) is 0 Å². The van der Waals surface area contributed by atoms with Crippen LogP contribution in [-0.4, -0.2) is 16.1 Å². The number of aromatic nitrogens is 2. The molecule has 0 bridgehead atoms. The fourth-order valence-corrected chi connectivity index (χ4v) is 2.13. The highest BCUT2D eigenvalue weighted by Gasteiger charge is 2.13. The molecule has 1 aromatic carbocycles. The molecule has 0 aliphatic heterocycles. The number of nitrogens with zero attached hydrogens (tertiary/aromatic N) is 2. The van der Waals surface area contributed by atoms with Crippen LogP contribution in [0, 0.1) is 0 Å². The van der Waals surface area contributed by atoms with Gasteiger partial charge in [-0.1, -0.05) is 34.5 Å². The summed E-state index contributed by atoms with van der Waals surface area (Å²) in [6.45, 7) is 0. The first kappa shape index (κ1) is 12.6. The van der Waals surface area contributed by atoms with Crippen LogP contribution in [0.3, 0.4) is 0 Å². The van der Waals surface area contributed by atoms with Crippen LogP contribution < -0.4 is 5.32 Å². The molecule has 0 spiro atoms. The van der Waals surface area contributed by atoms with Crippen molar-refractivity contribution in [1.29, 1.82) is 0 Å². The first-order chi connectivity index (χ1) is 8.06. The maximum Gasteiger partial charge on any atom is 0.286 e. The first-order valence-electron chi connectivity index (χ1n) is 4.31. The molecular weight excluding hydrogens is 305 g/mol. The average Bonchev–Trinajstić information content (AvgIpc) is 2.70. The SMILES string of the molecule is O=C(Nc1cc(Cl)ccc1Cl)c1nnc(Cl)s1. The molecule has 0 radical (unpaired) electrons. The number of hydrogen-bond donors (Lipinski definition) is 1. The van der Waals surface area contributed by atoms with Gasteiger partial charge in [0.2, 0.25) is 9.47 Å². The molecule has 2 rings (SSSR count). The zero-order chi connectivity index (χ0) is 12.4. The van der Waals surface area contributed by atoms with Crippen molar-refractivity contribution in [3.63, 3.8) is 0 Å². The van der Waals surface area contributed by atoms with Crippen LogP contribution in [0.5, 0.6) is 0 Å². The highest BCUT2D eigenvalue weighted by Crippen LogP contribution is 2.26. The van der Waals surface area contributed by atoms with Crippen LogP contribution in [0.2, 0.25) is 14.5 Å². The minimum absolute atomic E-state index is 0.158. The molecule has 0 saturated carbocycles. The van der Waals surface area contributed by atoms with Crippen molar-refractivity contribution in [2.24, 2.45) is 0 Å². The van der Waals surface area contributed by atoms with Crippen molar-refractivity contribution < 1.29 is 4.79 Å². The third-order valence-electron chi connectivity index (χ3n) is 1.77. The molecule has 8 heteroatoms. The van der Waals surface area contributed by atoms with Gasteiger partial charge in [-0.05, 0) is 29.8 Å². The van der Waals surface area contributed by atoms with Gasteiger partial charge in [0, 0.05) is 5.02 Å². The maximum atomic E-state index is 11.7. The summed E-state index contributed by atoms with van der Waals surface area (Å²) in [5.74, 6) is -0.432. The van der Waals surface area contributed by atoms with Crippen molar-refractivity contribution in [3.05, 3.63) is 37.7 Å². The average molecular weight is 309 g/mol. The van der Waals surface area contributed by atoms with E-state index in [0.29, 0.717) is 15.7 Å². The van der Waals surface area contributed by atoms with Gasteiger partial charge in [0.25, 0.3) is 5.91 Å². The van der Waals surface area contributed by atoms with E-state index < -0.39 is 5.91 Å². The van der Waals surface area contributed by atoms with E-state index in [-0.39, 0.29) is 9.47 Å². The van der Waals surface area contributed by atoms with Gasteiger partial charge in [0.1, 0.15) is 0 Å². The third-order valence-corrected chi connectivity index (χ3v) is 3.35. The van der Waals surface area contributed by atoms with Gasteiger partial charge in [-0.2, -0.15) is 0 Å². The normalized spacial score (nSPS) is 10.3. The molecule has 4 nitrogen and oxygen atoms in total. The second-order valence-electron chi connectivity index (χ2n) is 2.94. The number of anilines is 1. The van der Waals surface area contributed by atoms with Crippen LogP contribution in [0.4, 0.5) is 5.69 Å². The van der Waals surface area contributed by atoms with Gasteiger partial charge < -0.3 is 5.32 Å². The molecule has 0 fully saturated rings. The molecule has 1 amide bonds. The van der Waals surface area contributed by atoms with Gasteiger partial charge >= 0.3 is 0 Å². The van der Waals surface area contributed by atoms with E-state index in [4.69, 9.17) is 34.8 Å². The van der Waals surface area contributed by atoms with Crippen molar-refractivity contribution in [3.8, 4) is 0 Å². The molecule has 0 unspecified atom stereocenters. The predicted octanol–water partition coefficient (Wildman–Crippen LogP) is 3.75. The van der Waals surface area contributed by atoms with Gasteiger partial charge in [-0.25, -0.2) is 0 Å².